The Labute approximate surface area is 133 Å². The van der Waals surface area contributed by atoms with Crippen LogP contribution in [0.2, 0.25) is 10.0 Å². The van der Waals surface area contributed by atoms with Crippen molar-refractivity contribution in [2.75, 3.05) is 0 Å². The Bertz CT molecular complexity index is 682. The maximum atomic E-state index is 12.5. The molecule has 0 amide bonds. The molecule has 8 heteroatoms. The Morgan fingerprint density at radius 3 is 2.38 bits per heavy atom. The van der Waals surface area contributed by atoms with Crippen LogP contribution in [0.15, 0.2) is 17.0 Å². The Balaban J connectivity index is 2.46. The highest BCUT2D eigenvalue weighted by atomic mass is 35.5. The monoisotopic (exact) mass is 351 g/mol. The Morgan fingerprint density at radius 2 is 1.86 bits per heavy atom. The third kappa shape index (κ3) is 3.34. The Kier molecular flexibility index (Phi) is 4.54. The summed E-state index contributed by atoms with van der Waals surface area (Å²) in [6.45, 7) is 1.83. The molecule has 1 aliphatic carbocycles. The molecule has 2 N–H and O–H groups in total. The average molecular weight is 352 g/mol. The van der Waals surface area contributed by atoms with Gasteiger partial charge in [0.05, 0.1) is 15.6 Å². The fourth-order valence-electron chi connectivity index (χ4n) is 2.57. The lowest BCUT2D eigenvalue weighted by Gasteiger charge is -2.25. The fourth-order valence-corrected chi connectivity index (χ4v) is 4.96. The number of hydrogen-bond acceptors (Lipinski definition) is 3. The van der Waals surface area contributed by atoms with Gasteiger partial charge < -0.3 is 5.11 Å². The van der Waals surface area contributed by atoms with Crippen LogP contribution >= 0.6 is 23.2 Å². The summed E-state index contributed by atoms with van der Waals surface area (Å²) in [5.41, 5.74) is -0.927. The van der Waals surface area contributed by atoms with Crippen molar-refractivity contribution < 1.29 is 18.3 Å². The van der Waals surface area contributed by atoms with Crippen LogP contribution in [0.3, 0.4) is 0 Å². The smallest absolute Gasteiger partial charge is 0.338 e. The molecule has 1 aliphatic rings. The largest absolute Gasteiger partial charge is 0.478 e. The molecule has 1 fully saturated rings. The van der Waals surface area contributed by atoms with Crippen molar-refractivity contribution in [3.63, 3.8) is 0 Å². The minimum absolute atomic E-state index is 0.0986. The molecule has 0 spiro atoms. The van der Waals surface area contributed by atoms with Gasteiger partial charge in [-0.3, -0.25) is 0 Å². The van der Waals surface area contributed by atoms with Crippen molar-refractivity contribution in [1.82, 2.24) is 4.72 Å². The predicted molar refractivity (Wildman–Crippen MR) is 80.6 cm³/mol. The van der Waals surface area contributed by atoms with E-state index in [2.05, 4.69) is 4.72 Å². The number of carbonyl (C=O) groups is 1. The summed E-state index contributed by atoms with van der Waals surface area (Å²) in [5, 5.41) is 8.62. The van der Waals surface area contributed by atoms with Gasteiger partial charge in [0.15, 0.2) is 0 Å². The number of carboxylic acids is 1. The zero-order valence-corrected chi connectivity index (χ0v) is 13.6. The van der Waals surface area contributed by atoms with Crippen molar-refractivity contribution in [1.29, 1.82) is 0 Å². The van der Waals surface area contributed by atoms with E-state index in [9.17, 15) is 13.2 Å². The average Bonchev–Trinajstić information content (AvgIpc) is 2.73. The number of hydrogen-bond donors (Lipinski definition) is 2. The number of carboxylic acid groups (broad SMARTS) is 1. The van der Waals surface area contributed by atoms with Crippen molar-refractivity contribution in [3.05, 3.63) is 27.7 Å². The van der Waals surface area contributed by atoms with Gasteiger partial charge in [-0.25, -0.2) is 17.9 Å². The van der Waals surface area contributed by atoms with Gasteiger partial charge in [-0.15, -0.1) is 0 Å². The van der Waals surface area contributed by atoms with E-state index >= 15 is 0 Å². The maximum absolute atomic E-state index is 12.5. The van der Waals surface area contributed by atoms with E-state index in [0.29, 0.717) is 0 Å². The number of aromatic carboxylic acids is 1. The summed E-state index contributed by atoms with van der Waals surface area (Å²) >= 11 is 11.7. The standard InChI is InChI=1S/C13H15Cl2NO4S/c1-13(6-2-3-7-13)16-21(19,20)9-5-4-8(14)10(11(9)15)12(17)18/h4-5,16H,2-3,6-7H2,1H3,(H,17,18). The van der Waals surface area contributed by atoms with Crippen molar-refractivity contribution in [2.24, 2.45) is 0 Å². The van der Waals surface area contributed by atoms with Gasteiger partial charge in [0, 0.05) is 5.54 Å². The highest BCUT2D eigenvalue weighted by molar-refractivity contribution is 7.89. The zero-order chi connectivity index (χ0) is 15.8. The minimum atomic E-state index is -3.91. The predicted octanol–water partition coefficient (Wildman–Crippen LogP) is 3.30. The first-order chi connectivity index (χ1) is 9.66. The van der Waals surface area contributed by atoms with E-state index in [-0.39, 0.29) is 14.9 Å². The molecule has 21 heavy (non-hydrogen) atoms. The summed E-state index contributed by atoms with van der Waals surface area (Å²) in [7, 11) is -3.91. The van der Waals surface area contributed by atoms with Gasteiger partial charge in [0.2, 0.25) is 10.0 Å². The number of benzene rings is 1. The SMILES string of the molecule is CC1(NS(=O)(=O)c2ccc(Cl)c(C(=O)O)c2Cl)CCCC1. The van der Waals surface area contributed by atoms with E-state index in [1.807, 2.05) is 6.92 Å². The first-order valence-electron chi connectivity index (χ1n) is 6.42. The van der Waals surface area contributed by atoms with Gasteiger partial charge >= 0.3 is 5.97 Å². The van der Waals surface area contributed by atoms with E-state index in [1.165, 1.54) is 12.1 Å². The fraction of sp³-hybridized carbons (Fsp3) is 0.462. The lowest BCUT2D eigenvalue weighted by molar-refractivity contribution is 0.0697. The van der Waals surface area contributed by atoms with Gasteiger partial charge in [-0.05, 0) is 31.9 Å². The molecule has 5 nitrogen and oxygen atoms in total. The van der Waals surface area contributed by atoms with Crippen molar-refractivity contribution >= 4 is 39.2 Å². The van der Waals surface area contributed by atoms with Crippen LogP contribution in [0.1, 0.15) is 43.0 Å². The second kappa shape index (κ2) is 5.76. The van der Waals surface area contributed by atoms with Crippen molar-refractivity contribution in [2.45, 2.75) is 43.0 Å². The zero-order valence-electron chi connectivity index (χ0n) is 11.3. The summed E-state index contributed by atoms with van der Waals surface area (Å²) in [4.78, 5) is 10.9. The molecule has 0 bridgehead atoms. The highest BCUT2D eigenvalue weighted by Gasteiger charge is 2.35. The first-order valence-corrected chi connectivity index (χ1v) is 8.65. The third-order valence-electron chi connectivity index (χ3n) is 3.65. The van der Waals surface area contributed by atoms with Gasteiger partial charge in [0.1, 0.15) is 4.90 Å². The molecule has 1 aromatic rings. The summed E-state index contributed by atoms with van der Waals surface area (Å²) < 4.78 is 27.6. The number of halogens is 2. The van der Waals surface area contributed by atoms with Crippen LogP contribution < -0.4 is 4.72 Å². The van der Waals surface area contributed by atoms with Crippen LogP contribution in [0.4, 0.5) is 0 Å². The Morgan fingerprint density at radius 1 is 1.29 bits per heavy atom. The van der Waals surface area contributed by atoms with E-state index in [4.69, 9.17) is 28.3 Å². The molecule has 1 aromatic carbocycles. The van der Waals surface area contributed by atoms with Crippen molar-refractivity contribution in [3.8, 4) is 0 Å². The maximum Gasteiger partial charge on any atom is 0.338 e. The van der Waals surface area contributed by atoms with Gasteiger partial charge in [-0.2, -0.15) is 0 Å². The molecule has 2 rings (SSSR count). The highest BCUT2D eigenvalue weighted by Crippen LogP contribution is 2.34. The van der Waals surface area contributed by atoms with E-state index < -0.39 is 27.1 Å². The summed E-state index contributed by atoms with van der Waals surface area (Å²) in [6, 6.07) is 2.44. The molecular formula is C13H15Cl2NO4S. The molecule has 0 aromatic heterocycles. The van der Waals surface area contributed by atoms with E-state index in [0.717, 1.165) is 25.7 Å². The number of nitrogens with one attached hydrogen (secondary N) is 1. The second-order valence-electron chi connectivity index (χ2n) is 5.41. The second-order valence-corrected chi connectivity index (χ2v) is 7.85. The summed E-state index contributed by atoms with van der Waals surface area (Å²) in [5.74, 6) is -1.37. The molecule has 1 saturated carbocycles. The minimum Gasteiger partial charge on any atom is -0.478 e. The normalized spacial score (nSPS) is 17.9. The van der Waals surface area contributed by atoms with Gasteiger partial charge in [-0.1, -0.05) is 36.0 Å². The topological polar surface area (TPSA) is 83.5 Å². The first kappa shape index (κ1) is 16.5. The molecule has 0 unspecified atom stereocenters. The number of sulfonamides is 1. The molecule has 0 aliphatic heterocycles. The van der Waals surface area contributed by atoms with E-state index in [1.54, 1.807) is 0 Å². The van der Waals surface area contributed by atoms with Gasteiger partial charge in [0.25, 0.3) is 0 Å². The van der Waals surface area contributed by atoms with Crippen LogP contribution in [0, 0.1) is 0 Å². The Hall–Kier alpha value is -0.820. The van der Waals surface area contributed by atoms with Crippen LogP contribution in [-0.2, 0) is 10.0 Å². The lowest BCUT2D eigenvalue weighted by Crippen LogP contribution is -2.43. The van der Waals surface area contributed by atoms with Crippen LogP contribution in [-0.4, -0.2) is 25.0 Å². The quantitative estimate of drug-likeness (QED) is 0.871. The third-order valence-corrected chi connectivity index (χ3v) is 6.15. The lowest BCUT2D eigenvalue weighted by atomic mass is 10.0. The number of rotatable bonds is 4. The molecule has 0 radical (unpaired) electrons. The van der Waals surface area contributed by atoms with Crippen LogP contribution in [0.5, 0.6) is 0 Å². The molecule has 0 saturated heterocycles. The molecular weight excluding hydrogens is 337 g/mol. The molecule has 116 valence electrons. The molecule has 0 heterocycles. The molecule has 0 atom stereocenters. The van der Waals surface area contributed by atoms with Crippen LogP contribution in [0.25, 0.3) is 0 Å². The summed E-state index contributed by atoms with van der Waals surface area (Å²) in [6.07, 6.45) is 3.38.